The third kappa shape index (κ3) is 5.66. The van der Waals surface area contributed by atoms with E-state index in [2.05, 4.69) is 4.98 Å². The Morgan fingerprint density at radius 3 is 2.43 bits per heavy atom. The minimum absolute atomic E-state index is 0.103. The minimum Gasteiger partial charge on any atom is -0.507 e. The minimum atomic E-state index is -1.02. The smallest absolute Gasteiger partial charge is 0.350 e. The number of thiazole rings is 1. The van der Waals surface area contributed by atoms with Crippen molar-refractivity contribution >= 4 is 51.5 Å². The summed E-state index contributed by atoms with van der Waals surface area (Å²) in [6.07, 6.45) is 0. The maximum Gasteiger partial charge on any atom is 0.350 e. The van der Waals surface area contributed by atoms with Gasteiger partial charge in [0.1, 0.15) is 23.0 Å². The van der Waals surface area contributed by atoms with E-state index < -0.39 is 23.7 Å². The Balaban J connectivity index is 1.57. The van der Waals surface area contributed by atoms with Crippen LogP contribution in [-0.4, -0.2) is 34.4 Å². The van der Waals surface area contributed by atoms with Crippen molar-refractivity contribution in [1.29, 1.82) is 0 Å². The van der Waals surface area contributed by atoms with Gasteiger partial charge in [0.05, 0.1) is 23.9 Å². The summed E-state index contributed by atoms with van der Waals surface area (Å²) in [5, 5.41) is 12.2. The Bertz CT molecular complexity index is 1700. The maximum atomic E-state index is 13.5. The summed E-state index contributed by atoms with van der Waals surface area (Å²) >= 11 is 7.08. The van der Waals surface area contributed by atoms with Crippen molar-refractivity contribution in [3.05, 3.63) is 116 Å². The number of ketones is 1. The molecule has 0 bridgehead atoms. The zero-order chi connectivity index (χ0) is 30.0. The predicted molar refractivity (Wildman–Crippen MR) is 161 cm³/mol. The zero-order valence-corrected chi connectivity index (χ0v) is 24.7. The summed E-state index contributed by atoms with van der Waals surface area (Å²) < 4.78 is 11.0. The third-order valence-corrected chi connectivity index (χ3v) is 8.17. The van der Waals surface area contributed by atoms with Gasteiger partial charge >= 0.3 is 11.9 Å². The van der Waals surface area contributed by atoms with E-state index in [-0.39, 0.29) is 27.9 Å². The van der Waals surface area contributed by atoms with E-state index in [1.54, 1.807) is 63.2 Å². The lowest BCUT2D eigenvalue weighted by atomic mass is 9.94. The molecule has 2 heterocycles. The molecule has 42 heavy (non-hydrogen) atoms. The normalized spacial score (nSPS) is 16.1. The number of esters is 1. The Morgan fingerprint density at radius 1 is 1.05 bits per heavy atom. The Labute approximate surface area is 251 Å². The number of anilines is 1. The van der Waals surface area contributed by atoms with Gasteiger partial charge in [0.2, 0.25) is 0 Å². The molecule has 1 aliphatic rings. The van der Waals surface area contributed by atoms with Gasteiger partial charge in [-0.05, 0) is 67.8 Å². The number of amides is 1. The predicted octanol–water partition coefficient (Wildman–Crippen LogP) is 6.80. The number of halogens is 1. The van der Waals surface area contributed by atoms with Gasteiger partial charge in [-0.3, -0.25) is 14.5 Å². The van der Waals surface area contributed by atoms with Crippen LogP contribution in [0.5, 0.6) is 5.75 Å². The van der Waals surface area contributed by atoms with Crippen LogP contribution in [0.3, 0.4) is 0 Å². The Kier molecular flexibility index (Phi) is 8.42. The van der Waals surface area contributed by atoms with Gasteiger partial charge in [-0.2, -0.15) is 0 Å². The number of hydrogen-bond acceptors (Lipinski definition) is 8. The monoisotopic (exact) mass is 602 g/mol. The van der Waals surface area contributed by atoms with E-state index in [0.29, 0.717) is 39.8 Å². The molecule has 0 saturated carbocycles. The van der Waals surface area contributed by atoms with Crippen LogP contribution in [0, 0.1) is 13.8 Å². The molecule has 4 aromatic rings. The highest BCUT2D eigenvalue weighted by Crippen LogP contribution is 2.44. The van der Waals surface area contributed by atoms with Gasteiger partial charge in [-0.15, -0.1) is 0 Å². The molecule has 0 radical (unpaired) electrons. The Hall–Kier alpha value is -4.47. The van der Waals surface area contributed by atoms with E-state index in [4.69, 9.17) is 21.1 Å². The average molecular weight is 603 g/mol. The summed E-state index contributed by atoms with van der Waals surface area (Å²) in [6.45, 7) is 5.65. The molecule has 10 heteroatoms. The largest absolute Gasteiger partial charge is 0.507 e. The van der Waals surface area contributed by atoms with Crippen molar-refractivity contribution in [2.45, 2.75) is 33.4 Å². The number of ether oxygens (including phenoxy) is 2. The molecule has 5 rings (SSSR count). The second-order valence-corrected chi connectivity index (χ2v) is 11.0. The third-order valence-electron chi connectivity index (χ3n) is 6.78. The molecule has 0 unspecified atom stereocenters. The molecule has 1 fully saturated rings. The van der Waals surface area contributed by atoms with Crippen LogP contribution in [0.1, 0.15) is 50.6 Å². The number of carbonyl (C=O) groups excluding carboxylic acids is 3. The molecule has 1 aliphatic heterocycles. The molecule has 1 amide bonds. The van der Waals surface area contributed by atoms with E-state index in [9.17, 15) is 19.5 Å². The molecule has 1 N–H and O–H groups in total. The number of hydrogen-bond donors (Lipinski definition) is 1. The highest BCUT2D eigenvalue weighted by atomic mass is 35.5. The number of benzene rings is 3. The summed E-state index contributed by atoms with van der Waals surface area (Å²) in [7, 11) is 0. The molecule has 1 atom stereocenters. The van der Waals surface area contributed by atoms with Crippen molar-refractivity contribution in [2.75, 3.05) is 11.5 Å². The first kappa shape index (κ1) is 29.0. The molecular weight excluding hydrogens is 576 g/mol. The maximum absolute atomic E-state index is 13.5. The molecular formula is C32H27ClN2O6S. The summed E-state index contributed by atoms with van der Waals surface area (Å²) in [4.78, 5) is 45.4. The van der Waals surface area contributed by atoms with Crippen molar-refractivity contribution < 1.29 is 29.0 Å². The fourth-order valence-electron chi connectivity index (χ4n) is 4.74. The lowest BCUT2D eigenvalue weighted by molar-refractivity contribution is -0.132. The highest BCUT2D eigenvalue weighted by molar-refractivity contribution is 7.17. The number of aliphatic hydroxyl groups is 1. The first-order valence-electron chi connectivity index (χ1n) is 13.2. The van der Waals surface area contributed by atoms with Crippen molar-refractivity contribution in [3.8, 4) is 5.75 Å². The van der Waals surface area contributed by atoms with Crippen LogP contribution < -0.4 is 9.64 Å². The van der Waals surface area contributed by atoms with Crippen LogP contribution in [0.4, 0.5) is 5.13 Å². The average Bonchev–Trinajstić information content (AvgIpc) is 3.49. The van der Waals surface area contributed by atoms with Crippen LogP contribution >= 0.6 is 22.9 Å². The highest BCUT2D eigenvalue weighted by Gasteiger charge is 2.48. The van der Waals surface area contributed by atoms with Crippen LogP contribution in [0.15, 0.2) is 78.4 Å². The van der Waals surface area contributed by atoms with E-state index in [1.807, 2.05) is 30.3 Å². The zero-order valence-electron chi connectivity index (χ0n) is 23.1. The number of aliphatic hydroxyl groups excluding tert-OH is 1. The van der Waals surface area contributed by atoms with Crippen LogP contribution in [0.2, 0.25) is 5.02 Å². The fraction of sp³-hybridized carbons (Fsp3) is 0.188. The van der Waals surface area contributed by atoms with Gasteiger partial charge in [0.25, 0.3) is 5.78 Å². The summed E-state index contributed by atoms with van der Waals surface area (Å²) in [5.74, 6) is -2.05. The van der Waals surface area contributed by atoms with Crippen LogP contribution in [-0.2, 0) is 20.9 Å². The molecule has 3 aromatic carbocycles. The van der Waals surface area contributed by atoms with Gasteiger partial charge < -0.3 is 14.6 Å². The molecule has 0 aliphatic carbocycles. The first-order valence-corrected chi connectivity index (χ1v) is 14.4. The molecule has 0 spiro atoms. The number of aryl methyl sites for hydroxylation is 2. The number of Topliss-reactive ketones (excluding diaryl/α,β-unsaturated/α-hetero) is 1. The number of nitrogens with zero attached hydrogens (tertiary/aromatic N) is 2. The lowest BCUT2D eigenvalue weighted by Gasteiger charge is -2.23. The standard InChI is InChI=1S/C32H27ClN2O6S/c1-4-40-31(39)29-19(3)34-32(42-29)35-26(21-10-12-22(33)13-11-21)25(28(37)30(35)38)27(36)24-15-14-23(16-18(24)2)41-17-20-8-6-5-7-9-20/h5-16,26,36H,4,17H2,1-3H3/b27-25+/t26-/m0/s1. The van der Waals surface area contributed by atoms with Gasteiger partial charge in [0.15, 0.2) is 5.13 Å². The number of carbonyl (C=O) groups is 3. The summed E-state index contributed by atoms with van der Waals surface area (Å²) in [6, 6.07) is 20.5. The van der Waals surface area contributed by atoms with E-state index in [1.165, 1.54) is 4.90 Å². The second-order valence-electron chi connectivity index (χ2n) is 9.60. The second kappa shape index (κ2) is 12.2. The first-order chi connectivity index (χ1) is 20.2. The van der Waals surface area contributed by atoms with E-state index >= 15 is 0 Å². The quantitative estimate of drug-likeness (QED) is 0.102. The molecule has 8 nitrogen and oxygen atoms in total. The molecule has 214 valence electrons. The van der Waals surface area contributed by atoms with Gasteiger partial charge in [-0.25, -0.2) is 9.78 Å². The molecule has 1 aromatic heterocycles. The fourth-order valence-corrected chi connectivity index (χ4v) is 5.85. The lowest BCUT2D eigenvalue weighted by Crippen LogP contribution is -2.29. The van der Waals surface area contributed by atoms with Crippen molar-refractivity contribution in [1.82, 2.24) is 4.98 Å². The Morgan fingerprint density at radius 2 is 1.76 bits per heavy atom. The van der Waals surface area contributed by atoms with Gasteiger partial charge in [0, 0.05) is 10.6 Å². The van der Waals surface area contributed by atoms with Crippen molar-refractivity contribution in [2.24, 2.45) is 0 Å². The van der Waals surface area contributed by atoms with Crippen molar-refractivity contribution in [3.63, 3.8) is 0 Å². The number of rotatable bonds is 8. The van der Waals surface area contributed by atoms with E-state index in [0.717, 1.165) is 16.9 Å². The topological polar surface area (TPSA) is 106 Å². The molecule has 1 saturated heterocycles. The SMILES string of the molecule is CCOC(=O)c1sc(N2C(=O)C(=O)/C(=C(/O)c3ccc(OCc4ccccc4)cc3C)[C@@H]2c2ccc(Cl)cc2)nc1C. The number of aromatic nitrogens is 1. The van der Waals surface area contributed by atoms with Gasteiger partial charge in [-0.1, -0.05) is 65.4 Å². The summed E-state index contributed by atoms with van der Waals surface area (Å²) in [5.41, 5.74) is 2.83. The van der Waals surface area contributed by atoms with Crippen LogP contribution in [0.25, 0.3) is 5.76 Å².